The number of carbonyl (C=O) groups excluding carboxylic acids is 1. The van der Waals surface area contributed by atoms with Crippen molar-refractivity contribution in [2.45, 2.75) is 49.4 Å². The largest absolute Gasteiger partial charge is 0.338 e. The zero-order valence-corrected chi connectivity index (χ0v) is 16.7. The van der Waals surface area contributed by atoms with Crippen LogP contribution in [0.2, 0.25) is 0 Å². The quantitative estimate of drug-likeness (QED) is 0.690. The van der Waals surface area contributed by atoms with Crippen molar-refractivity contribution in [3.8, 4) is 0 Å². The van der Waals surface area contributed by atoms with Crippen LogP contribution in [0.3, 0.4) is 0 Å². The second-order valence-corrected chi connectivity index (χ2v) is 10.5. The molecule has 1 aromatic rings. The fourth-order valence-electron chi connectivity index (χ4n) is 4.43. The van der Waals surface area contributed by atoms with Gasteiger partial charge in [0.15, 0.2) is 11.6 Å². The molecule has 2 saturated heterocycles. The van der Waals surface area contributed by atoms with E-state index in [0.717, 1.165) is 12.5 Å². The number of carbonyl (C=O) groups is 1. The molecule has 1 saturated carbocycles. The van der Waals surface area contributed by atoms with E-state index in [4.69, 9.17) is 5.73 Å². The molecule has 2 N–H and O–H groups in total. The lowest BCUT2D eigenvalue weighted by molar-refractivity contribution is -0.132. The first-order valence-corrected chi connectivity index (χ1v) is 11.3. The van der Waals surface area contributed by atoms with Crippen LogP contribution in [0.25, 0.3) is 0 Å². The van der Waals surface area contributed by atoms with Crippen LogP contribution in [0.15, 0.2) is 12.1 Å². The van der Waals surface area contributed by atoms with Gasteiger partial charge in [-0.15, -0.1) is 0 Å². The molecule has 29 heavy (non-hydrogen) atoms. The van der Waals surface area contributed by atoms with Crippen LogP contribution in [-0.4, -0.2) is 60.5 Å². The molecule has 0 unspecified atom stereocenters. The van der Waals surface area contributed by atoms with E-state index in [2.05, 4.69) is 0 Å². The lowest BCUT2D eigenvalue weighted by Crippen LogP contribution is -2.43. The number of nitrogens with two attached hydrogens (primary N) is 1. The van der Waals surface area contributed by atoms with E-state index in [0.29, 0.717) is 38.5 Å². The number of benzene rings is 1. The number of nitrogens with zero attached hydrogens (tertiary/aromatic N) is 2. The third-order valence-corrected chi connectivity index (χ3v) is 8.48. The minimum atomic E-state index is -3.27. The van der Waals surface area contributed by atoms with Gasteiger partial charge in [-0.2, -0.15) is 4.31 Å². The van der Waals surface area contributed by atoms with Crippen LogP contribution in [0, 0.1) is 23.4 Å². The summed E-state index contributed by atoms with van der Waals surface area (Å²) in [4.78, 5) is 14.4. The maximum atomic E-state index is 13.8. The summed E-state index contributed by atoms with van der Waals surface area (Å²) < 4.78 is 66.7. The molecule has 10 heteroatoms. The van der Waals surface area contributed by atoms with Gasteiger partial charge >= 0.3 is 0 Å². The Labute approximate surface area is 167 Å². The zero-order valence-electron chi connectivity index (χ0n) is 15.9. The number of likely N-dealkylation sites (tertiary alicyclic amines) is 1. The van der Waals surface area contributed by atoms with Gasteiger partial charge in [-0.3, -0.25) is 4.79 Å². The van der Waals surface area contributed by atoms with E-state index in [9.17, 15) is 26.4 Å². The predicted molar refractivity (Wildman–Crippen MR) is 99.7 cm³/mol. The smallest absolute Gasteiger partial charge is 0.224 e. The molecule has 6 nitrogen and oxygen atoms in total. The van der Waals surface area contributed by atoms with Gasteiger partial charge in [0.25, 0.3) is 0 Å². The average Bonchev–Trinajstić information content (AvgIpc) is 3.30. The molecule has 1 aliphatic carbocycles. The highest BCUT2D eigenvalue weighted by molar-refractivity contribution is 7.90. The Hall–Kier alpha value is -1.65. The molecule has 1 aromatic carbocycles. The molecule has 160 valence electrons. The molecular formula is C19H24F3N3O3S. The van der Waals surface area contributed by atoms with E-state index in [1.54, 1.807) is 4.90 Å². The van der Waals surface area contributed by atoms with Crippen molar-refractivity contribution in [3.05, 3.63) is 35.1 Å². The maximum absolute atomic E-state index is 13.8. The van der Waals surface area contributed by atoms with Gasteiger partial charge in [-0.1, -0.05) is 0 Å². The van der Waals surface area contributed by atoms with Gasteiger partial charge < -0.3 is 10.6 Å². The topological polar surface area (TPSA) is 83.7 Å². The number of hydrogen-bond donors (Lipinski definition) is 1. The van der Waals surface area contributed by atoms with Gasteiger partial charge in [0, 0.05) is 44.2 Å². The van der Waals surface area contributed by atoms with Crippen LogP contribution >= 0.6 is 0 Å². The first kappa shape index (κ1) is 20.6. The first-order chi connectivity index (χ1) is 13.7. The first-order valence-electron chi connectivity index (χ1n) is 9.84. The molecule has 0 aromatic heterocycles. The van der Waals surface area contributed by atoms with Gasteiger partial charge in [-0.25, -0.2) is 21.6 Å². The summed E-state index contributed by atoms with van der Waals surface area (Å²) in [5.41, 5.74) is 5.90. The molecule has 4 rings (SSSR count). The fourth-order valence-corrected chi connectivity index (χ4v) is 6.35. The number of fused-ring (bicyclic) bond motifs is 1. The second kappa shape index (κ2) is 7.55. The number of rotatable bonds is 6. The molecular weight excluding hydrogens is 407 g/mol. The highest BCUT2D eigenvalue weighted by atomic mass is 32.2. The minimum Gasteiger partial charge on any atom is -0.338 e. The summed E-state index contributed by atoms with van der Waals surface area (Å²) in [6.45, 7) is 1.29. The molecule has 2 aliphatic heterocycles. The van der Waals surface area contributed by atoms with Crippen molar-refractivity contribution in [1.82, 2.24) is 9.21 Å². The molecule has 0 bridgehead atoms. The zero-order chi connectivity index (χ0) is 20.9. The Morgan fingerprint density at radius 1 is 1.10 bits per heavy atom. The van der Waals surface area contributed by atoms with Crippen molar-refractivity contribution < 1.29 is 26.4 Å². The number of hydrogen-bond acceptors (Lipinski definition) is 4. The molecule has 3 atom stereocenters. The second-order valence-electron chi connectivity index (χ2n) is 8.29. The van der Waals surface area contributed by atoms with Crippen molar-refractivity contribution in [3.63, 3.8) is 0 Å². The molecule has 0 spiro atoms. The minimum absolute atomic E-state index is 0.0724. The lowest BCUT2D eigenvalue weighted by atomic mass is 10.0. The van der Waals surface area contributed by atoms with E-state index in [-0.39, 0.29) is 41.5 Å². The summed E-state index contributed by atoms with van der Waals surface area (Å²) in [5.74, 6) is -3.44. The monoisotopic (exact) mass is 431 g/mol. The summed E-state index contributed by atoms with van der Waals surface area (Å²) in [6.07, 6.45) is 1.97. The molecule has 0 radical (unpaired) electrons. The van der Waals surface area contributed by atoms with E-state index >= 15 is 0 Å². The van der Waals surface area contributed by atoms with Crippen molar-refractivity contribution in [2.24, 2.45) is 11.7 Å². The Morgan fingerprint density at radius 3 is 2.48 bits per heavy atom. The van der Waals surface area contributed by atoms with Crippen LogP contribution in [-0.2, 0) is 21.2 Å². The SMILES string of the molecule is N[C@@H](CC(=O)N1CC[C@H]2CN(S(=O)(=O)C3CC3)C[C@H]21)Cc1cc(F)c(F)cc1F. The van der Waals surface area contributed by atoms with Gasteiger partial charge in [0.05, 0.1) is 5.25 Å². The average molecular weight is 431 g/mol. The fraction of sp³-hybridized carbons (Fsp3) is 0.632. The highest BCUT2D eigenvalue weighted by Gasteiger charge is 2.50. The standard InChI is InChI=1S/C19H24F3N3O3S/c20-15-8-17(22)16(21)6-12(15)5-13(23)7-19(26)25-4-3-11-9-24(10-18(11)25)29(27,28)14-1-2-14/h6,8,11,13-14,18H,1-5,7,9-10,23H2/t11-,13+,18+/m0/s1. The summed E-state index contributed by atoms with van der Waals surface area (Å²) in [6, 6.07) is 0.313. The Morgan fingerprint density at radius 2 is 1.79 bits per heavy atom. The van der Waals surface area contributed by atoms with Gasteiger partial charge in [-0.05, 0) is 43.2 Å². The predicted octanol–water partition coefficient (Wildman–Crippen LogP) is 1.39. The van der Waals surface area contributed by atoms with E-state index in [1.165, 1.54) is 4.31 Å². The number of halogens is 3. The Balaban J connectivity index is 1.37. The van der Waals surface area contributed by atoms with Crippen molar-refractivity contribution >= 4 is 15.9 Å². The van der Waals surface area contributed by atoms with Crippen LogP contribution in [0.4, 0.5) is 13.2 Å². The van der Waals surface area contributed by atoms with Gasteiger partial charge in [0.1, 0.15) is 5.82 Å². The van der Waals surface area contributed by atoms with E-state index in [1.807, 2.05) is 0 Å². The highest BCUT2D eigenvalue weighted by Crippen LogP contribution is 2.38. The van der Waals surface area contributed by atoms with Crippen molar-refractivity contribution in [2.75, 3.05) is 19.6 Å². The molecule has 3 fully saturated rings. The van der Waals surface area contributed by atoms with Crippen LogP contribution < -0.4 is 5.73 Å². The Kier molecular flexibility index (Phi) is 5.37. The van der Waals surface area contributed by atoms with Crippen molar-refractivity contribution in [1.29, 1.82) is 0 Å². The third kappa shape index (κ3) is 4.02. The van der Waals surface area contributed by atoms with E-state index < -0.39 is 33.5 Å². The summed E-state index contributed by atoms with van der Waals surface area (Å²) in [5, 5.41) is -0.273. The lowest BCUT2D eigenvalue weighted by Gasteiger charge is -2.26. The maximum Gasteiger partial charge on any atom is 0.224 e. The molecule has 2 heterocycles. The molecule has 3 aliphatic rings. The summed E-state index contributed by atoms with van der Waals surface area (Å²) in [7, 11) is -3.27. The normalized spacial score (nSPS) is 26.0. The molecule has 1 amide bonds. The summed E-state index contributed by atoms with van der Waals surface area (Å²) >= 11 is 0. The third-order valence-electron chi connectivity index (χ3n) is 6.15. The van der Waals surface area contributed by atoms with Crippen LogP contribution in [0.5, 0.6) is 0 Å². The van der Waals surface area contributed by atoms with Crippen LogP contribution in [0.1, 0.15) is 31.2 Å². The number of sulfonamides is 1. The number of amides is 1. The van der Waals surface area contributed by atoms with Gasteiger partial charge in [0.2, 0.25) is 15.9 Å². The Bertz CT molecular complexity index is 923.